The van der Waals surface area contributed by atoms with Crippen LogP contribution in [0.1, 0.15) is 22.7 Å². The van der Waals surface area contributed by atoms with E-state index < -0.39 is 6.04 Å². The molecule has 3 N–H and O–H groups in total. The summed E-state index contributed by atoms with van der Waals surface area (Å²) >= 11 is 0. The lowest BCUT2D eigenvalue weighted by Crippen LogP contribution is -2.30. The number of nitrogens with zero attached hydrogens (tertiary/aromatic N) is 1. The predicted molar refractivity (Wildman–Crippen MR) is 82.0 cm³/mol. The highest BCUT2D eigenvalue weighted by molar-refractivity contribution is 5.85. The molecule has 1 atom stereocenters. The molecule has 3 rings (SSSR count). The molecule has 0 aliphatic rings. The van der Waals surface area contributed by atoms with Gasteiger partial charge in [0.25, 0.3) is 0 Å². The molecule has 1 heterocycles. The largest absolute Gasteiger partial charge is 0.271 e. The average molecular weight is 281 g/mol. The van der Waals surface area contributed by atoms with Crippen LogP contribution >= 0.6 is 0 Å². The Morgan fingerprint density at radius 1 is 1.05 bits per heavy atom. The minimum atomic E-state index is -0.441. The highest BCUT2D eigenvalue weighted by Crippen LogP contribution is 2.29. The van der Waals surface area contributed by atoms with Crippen LogP contribution in [0.2, 0.25) is 0 Å². The SMILES string of the molecule is Cc1cccc(C(NN)c2cncc3ccccc23)c1F. The number of hydrogen-bond acceptors (Lipinski definition) is 3. The third-order valence-corrected chi connectivity index (χ3v) is 3.71. The molecule has 3 nitrogen and oxygen atoms in total. The van der Waals surface area contributed by atoms with Gasteiger partial charge in [-0.1, -0.05) is 42.5 Å². The van der Waals surface area contributed by atoms with Crippen LogP contribution in [-0.2, 0) is 0 Å². The summed E-state index contributed by atoms with van der Waals surface area (Å²) in [4.78, 5) is 4.24. The van der Waals surface area contributed by atoms with Gasteiger partial charge in [-0.05, 0) is 17.9 Å². The maximum atomic E-state index is 14.4. The molecular formula is C17H16FN3. The zero-order valence-electron chi connectivity index (χ0n) is 11.7. The average Bonchev–Trinajstić information content (AvgIpc) is 2.52. The fraction of sp³-hybridized carbons (Fsp3) is 0.118. The number of aryl methyl sites for hydroxylation is 1. The van der Waals surface area contributed by atoms with Crippen LogP contribution in [0.5, 0.6) is 0 Å². The van der Waals surface area contributed by atoms with Gasteiger partial charge in [-0.2, -0.15) is 0 Å². The van der Waals surface area contributed by atoms with E-state index in [0.717, 1.165) is 16.3 Å². The van der Waals surface area contributed by atoms with Crippen molar-refractivity contribution in [3.05, 3.63) is 77.4 Å². The number of rotatable bonds is 3. The molecule has 0 radical (unpaired) electrons. The lowest BCUT2D eigenvalue weighted by Gasteiger charge is -2.19. The van der Waals surface area contributed by atoms with Crippen molar-refractivity contribution in [3.8, 4) is 0 Å². The van der Waals surface area contributed by atoms with Gasteiger partial charge in [0.2, 0.25) is 0 Å². The van der Waals surface area contributed by atoms with Crippen LogP contribution in [-0.4, -0.2) is 4.98 Å². The van der Waals surface area contributed by atoms with Crippen molar-refractivity contribution < 1.29 is 4.39 Å². The van der Waals surface area contributed by atoms with Crippen molar-refractivity contribution in [2.75, 3.05) is 0 Å². The van der Waals surface area contributed by atoms with Gasteiger partial charge in [0.1, 0.15) is 5.82 Å². The Kier molecular flexibility index (Phi) is 3.64. The Bertz CT molecular complexity index is 781. The van der Waals surface area contributed by atoms with E-state index in [1.807, 2.05) is 30.3 Å². The standard InChI is InChI=1S/C17H16FN3/c1-11-5-4-8-14(16(11)18)17(21-19)15-10-20-9-12-6-2-3-7-13(12)15/h2-10,17,21H,19H2,1H3. The summed E-state index contributed by atoms with van der Waals surface area (Å²) in [6, 6.07) is 12.7. The Morgan fingerprint density at radius 2 is 1.86 bits per heavy atom. The van der Waals surface area contributed by atoms with Crippen molar-refractivity contribution in [2.45, 2.75) is 13.0 Å². The molecule has 0 aliphatic carbocycles. The van der Waals surface area contributed by atoms with Crippen LogP contribution in [0.3, 0.4) is 0 Å². The van der Waals surface area contributed by atoms with Crippen molar-refractivity contribution in [1.29, 1.82) is 0 Å². The number of aromatic nitrogens is 1. The second-order valence-electron chi connectivity index (χ2n) is 5.03. The summed E-state index contributed by atoms with van der Waals surface area (Å²) in [5, 5.41) is 2.01. The highest BCUT2D eigenvalue weighted by atomic mass is 19.1. The molecule has 2 aromatic carbocycles. The molecule has 0 fully saturated rings. The molecule has 1 aromatic heterocycles. The van der Waals surface area contributed by atoms with E-state index in [-0.39, 0.29) is 5.82 Å². The molecule has 0 saturated heterocycles. The first-order chi connectivity index (χ1) is 10.2. The molecule has 21 heavy (non-hydrogen) atoms. The van der Waals surface area contributed by atoms with E-state index in [0.29, 0.717) is 11.1 Å². The number of nitrogens with two attached hydrogens (primary N) is 1. The van der Waals surface area contributed by atoms with Crippen LogP contribution in [0, 0.1) is 12.7 Å². The van der Waals surface area contributed by atoms with Gasteiger partial charge in [-0.25, -0.2) is 9.82 Å². The number of hydrazine groups is 1. The first-order valence-electron chi connectivity index (χ1n) is 6.76. The normalized spacial score (nSPS) is 12.5. The molecule has 1 unspecified atom stereocenters. The number of hydrogen-bond donors (Lipinski definition) is 2. The van der Waals surface area contributed by atoms with E-state index >= 15 is 0 Å². The maximum absolute atomic E-state index is 14.4. The number of fused-ring (bicyclic) bond motifs is 1. The van der Waals surface area contributed by atoms with E-state index in [9.17, 15) is 4.39 Å². The van der Waals surface area contributed by atoms with Crippen molar-refractivity contribution in [1.82, 2.24) is 10.4 Å². The van der Waals surface area contributed by atoms with Gasteiger partial charge in [0, 0.05) is 28.9 Å². The summed E-state index contributed by atoms with van der Waals surface area (Å²) in [5.41, 5.74) is 4.70. The van der Waals surface area contributed by atoms with Crippen LogP contribution in [0.15, 0.2) is 54.9 Å². The lowest BCUT2D eigenvalue weighted by atomic mass is 9.95. The zero-order valence-corrected chi connectivity index (χ0v) is 11.7. The molecule has 4 heteroatoms. The topological polar surface area (TPSA) is 50.9 Å². The fourth-order valence-corrected chi connectivity index (χ4v) is 2.61. The molecule has 0 bridgehead atoms. The monoisotopic (exact) mass is 281 g/mol. The summed E-state index contributed by atoms with van der Waals surface area (Å²) in [7, 11) is 0. The number of pyridine rings is 1. The summed E-state index contributed by atoms with van der Waals surface area (Å²) in [6.45, 7) is 1.74. The smallest absolute Gasteiger partial charge is 0.131 e. The van der Waals surface area contributed by atoms with E-state index in [1.54, 1.807) is 31.5 Å². The number of halogens is 1. The van der Waals surface area contributed by atoms with Crippen molar-refractivity contribution in [2.24, 2.45) is 5.84 Å². The van der Waals surface area contributed by atoms with Gasteiger partial charge in [0.15, 0.2) is 0 Å². The van der Waals surface area contributed by atoms with Crippen molar-refractivity contribution >= 4 is 10.8 Å². The van der Waals surface area contributed by atoms with Gasteiger partial charge >= 0.3 is 0 Å². The zero-order chi connectivity index (χ0) is 14.8. The van der Waals surface area contributed by atoms with Crippen LogP contribution in [0.4, 0.5) is 4.39 Å². The van der Waals surface area contributed by atoms with Crippen LogP contribution in [0.25, 0.3) is 10.8 Å². The van der Waals surface area contributed by atoms with Gasteiger partial charge in [0.05, 0.1) is 6.04 Å². The lowest BCUT2D eigenvalue weighted by molar-refractivity contribution is 0.555. The van der Waals surface area contributed by atoms with E-state index in [2.05, 4.69) is 10.4 Å². The third kappa shape index (κ3) is 2.39. The summed E-state index contributed by atoms with van der Waals surface area (Å²) in [6.07, 6.45) is 3.52. The molecule has 0 amide bonds. The van der Waals surface area contributed by atoms with Gasteiger partial charge in [-0.15, -0.1) is 0 Å². The number of benzene rings is 2. The first-order valence-corrected chi connectivity index (χ1v) is 6.76. The quantitative estimate of drug-likeness (QED) is 0.572. The minimum Gasteiger partial charge on any atom is -0.271 e. The predicted octanol–water partition coefficient (Wildman–Crippen LogP) is 3.24. The molecule has 0 saturated carbocycles. The second-order valence-corrected chi connectivity index (χ2v) is 5.03. The minimum absolute atomic E-state index is 0.242. The molecule has 0 aliphatic heterocycles. The molecule has 3 aromatic rings. The molecule has 0 spiro atoms. The maximum Gasteiger partial charge on any atom is 0.131 e. The second kappa shape index (κ2) is 5.60. The third-order valence-electron chi connectivity index (χ3n) is 3.71. The Labute approximate surface area is 122 Å². The van der Waals surface area contributed by atoms with Gasteiger partial charge in [-0.3, -0.25) is 10.8 Å². The first kappa shape index (κ1) is 13.7. The Balaban J connectivity index is 2.21. The van der Waals surface area contributed by atoms with Gasteiger partial charge < -0.3 is 0 Å². The van der Waals surface area contributed by atoms with Crippen molar-refractivity contribution in [3.63, 3.8) is 0 Å². The fourth-order valence-electron chi connectivity index (χ4n) is 2.61. The van der Waals surface area contributed by atoms with E-state index in [1.165, 1.54) is 0 Å². The molecular weight excluding hydrogens is 265 g/mol. The molecule has 106 valence electrons. The summed E-state index contributed by atoms with van der Waals surface area (Å²) < 4.78 is 14.4. The summed E-state index contributed by atoms with van der Waals surface area (Å²) in [5.74, 6) is 5.46. The number of nitrogens with one attached hydrogen (secondary N) is 1. The highest BCUT2D eigenvalue weighted by Gasteiger charge is 2.19. The van der Waals surface area contributed by atoms with E-state index in [4.69, 9.17) is 5.84 Å². The van der Waals surface area contributed by atoms with Crippen LogP contribution < -0.4 is 11.3 Å². The Morgan fingerprint density at radius 3 is 2.67 bits per heavy atom. The Hall–Kier alpha value is -2.30.